The number of hydrogen-bond donors (Lipinski definition) is 1. The first-order chi connectivity index (χ1) is 15.9. The molecule has 3 aromatic carbocycles. The number of nitrogens with one attached hydrogen (secondary N) is 1. The molecule has 0 saturated carbocycles. The van der Waals surface area contributed by atoms with Gasteiger partial charge in [-0.1, -0.05) is 36.4 Å². The number of rotatable bonds is 8. The number of amides is 1. The van der Waals surface area contributed by atoms with Gasteiger partial charge in [0.2, 0.25) is 12.7 Å². The van der Waals surface area contributed by atoms with Crippen molar-refractivity contribution in [3.05, 3.63) is 88.5 Å². The van der Waals surface area contributed by atoms with Crippen LogP contribution in [0.15, 0.2) is 77.7 Å². The smallest absolute Gasteiger partial charge is 0.289 e. The first-order valence-corrected chi connectivity index (χ1v) is 11.3. The topological polar surface area (TPSA) is 128 Å². The van der Waals surface area contributed by atoms with E-state index in [2.05, 4.69) is 5.32 Å². The van der Waals surface area contributed by atoms with Crippen molar-refractivity contribution in [1.82, 2.24) is 5.32 Å². The Morgan fingerprint density at radius 3 is 2.45 bits per heavy atom. The molecule has 0 bridgehead atoms. The van der Waals surface area contributed by atoms with Gasteiger partial charge in [0.25, 0.3) is 15.7 Å². The van der Waals surface area contributed by atoms with Gasteiger partial charge in [-0.2, -0.15) is 0 Å². The normalized spacial score (nSPS) is 12.2. The van der Waals surface area contributed by atoms with Gasteiger partial charge in [-0.3, -0.25) is 19.2 Å². The molecule has 11 heteroatoms. The van der Waals surface area contributed by atoms with Crippen molar-refractivity contribution in [2.45, 2.75) is 11.4 Å². The van der Waals surface area contributed by atoms with Crippen molar-refractivity contribution in [2.75, 3.05) is 17.6 Å². The van der Waals surface area contributed by atoms with E-state index in [0.717, 1.165) is 22.0 Å². The monoisotopic (exact) mass is 469 g/mol. The molecule has 1 aliphatic heterocycles. The van der Waals surface area contributed by atoms with Gasteiger partial charge in [0.15, 0.2) is 16.4 Å². The lowest BCUT2D eigenvalue weighted by Crippen LogP contribution is -2.40. The van der Waals surface area contributed by atoms with Crippen LogP contribution in [-0.2, 0) is 21.4 Å². The van der Waals surface area contributed by atoms with E-state index in [4.69, 9.17) is 9.47 Å². The molecular weight excluding hydrogens is 450 g/mol. The van der Waals surface area contributed by atoms with Crippen LogP contribution in [0.1, 0.15) is 5.56 Å². The molecule has 0 spiro atoms. The third kappa shape index (κ3) is 4.72. The fourth-order valence-electron chi connectivity index (χ4n) is 3.29. The van der Waals surface area contributed by atoms with Crippen LogP contribution in [-0.4, -0.2) is 32.6 Å². The second-order valence-corrected chi connectivity index (χ2v) is 8.87. The van der Waals surface area contributed by atoms with Gasteiger partial charge < -0.3 is 14.8 Å². The molecule has 1 heterocycles. The number of hydrogen-bond acceptors (Lipinski definition) is 7. The Kier molecular flexibility index (Phi) is 6.13. The van der Waals surface area contributed by atoms with E-state index >= 15 is 0 Å². The highest BCUT2D eigenvalue weighted by atomic mass is 32.2. The molecule has 10 nitrogen and oxygen atoms in total. The Morgan fingerprint density at radius 2 is 1.70 bits per heavy atom. The molecule has 170 valence electrons. The molecule has 0 fully saturated rings. The number of para-hydroxylation sites is 2. The maximum absolute atomic E-state index is 13.4. The number of nitrogens with zero attached hydrogens (tertiary/aromatic N) is 2. The largest absolute Gasteiger partial charge is 0.454 e. The van der Waals surface area contributed by atoms with E-state index in [1.165, 1.54) is 24.3 Å². The number of fused-ring (bicyclic) bond motifs is 1. The molecule has 3 aromatic rings. The highest BCUT2D eigenvalue weighted by molar-refractivity contribution is 7.93. The minimum Gasteiger partial charge on any atom is -0.454 e. The lowest BCUT2D eigenvalue weighted by molar-refractivity contribution is -0.387. The summed E-state index contributed by atoms with van der Waals surface area (Å²) in [6, 6.07) is 18.2. The van der Waals surface area contributed by atoms with E-state index < -0.39 is 38.0 Å². The number of benzene rings is 3. The first-order valence-electron chi connectivity index (χ1n) is 9.83. The van der Waals surface area contributed by atoms with Gasteiger partial charge in [0, 0.05) is 12.6 Å². The quantitative estimate of drug-likeness (QED) is 0.397. The molecule has 0 aromatic heterocycles. The lowest BCUT2D eigenvalue weighted by atomic mass is 10.2. The fraction of sp³-hybridized carbons (Fsp3) is 0.136. The summed E-state index contributed by atoms with van der Waals surface area (Å²) in [7, 11) is -4.42. The predicted molar refractivity (Wildman–Crippen MR) is 118 cm³/mol. The summed E-state index contributed by atoms with van der Waals surface area (Å²) in [4.78, 5) is 22.9. The number of nitro groups is 1. The zero-order valence-electron chi connectivity index (χ0n) is 17.2. The maximum Gasteiger partial charge on any atom is 0.289 e. The number of nitro benzene ring substituents is 1. The standard InChI is InChI=1S/C22H19N3O7S/c26-22(23-13-16-10-11-19-20(12-16)32-15-31-19)14-24(17-6-2-1-3-7-17)33(29,30)21-9-5-4-8-18(21)25(27)28/h1-12H,13-15H2,(H,23,26). The molecule has 1 aliphatic rings. The van der Waals surface area contributed by atoms with Crippen LogP contribution in [0.3, 0.4) is 0 Å². The highest BCUT2D eigenvalue weighted by Gasteiger charge is 2.33. The van der Waals surface area contributed by atoms with Gasteiger partial charge in [0.05, 0.1) is 10.6 Å². The molecule has 0 aliphatic carbocycles. The van der Waals surface area contributed by atoms with Crippen LogP contribution >= 0.6 is 0 Å². The highest BCUT2D eigenvalue weighted by Crippen LogP contribution is 2.32. The molecule has 0 atom stereocenters. The second-order valence-electron chi connectivity index (χ2n) is 7.04. The minimum atomic E-state index is -4.42. The lowest BCUT2D eigenvalue weighted by Gasteiger charge is -2.24. The first kappa shape index (κ1) is 22.1. The number of sulfonamides is 1. The van der Waals surface area contributed by atoms with Gasteiger partial charge >= 0.3 is 0 Å². The minimum absolute atomic E-state index is 0.126. The van der Waals surface area contributed by atoms with E-state index in [9.17, 15) is 23.3 Å². The number of carbonyl (C=O) groups excluding carboxylic acids is 1. The summed E-state index contributed by atoms with van der Waals surface area (Å²) in [6.07, 6.45) is 0. The summed E-state index contributed by atoms with van der Waals surface area (Å²) >= 11 is 0. The summed E-state index contributed by atoms with van der Waals surface area (Å²) in [5, 5.41) is 14.1. The van der Waals surface area contributed by atoms with E-state index in [1.807, 2.05) is 0 Å². The summed E-state index contributed by atoms with van der Waals surface area (Å²) in [6.45, 7) is -0.312. The van der Waals surface area contributed by atoms with Crippen LogP contribution in [0.5, 0.6) is 11.5 Å². The maximum atomic E-state index is 13.4. The van der Waals surface area contributed by atoms with E-state index in [-0.39, 0.29) is 19.0 Å². The Balaban J connectivity index is 1.58. The summed E-state index contributed by atoms with van der Waals surface area (Å²) < 4.78 is 38.2. The van der Waals surface area contributed by atoms with Crippen molar-refractivity contribution >= 4 is 27.3 Å². The van der Waals surface area contributed by atoms with Crippen molar-refractivity contribution in [1.29, 1.82) is 0 Å². The molecule has 33 heavy (non-hydrogen) atoms. The predicted octanol–water partition coefficient (Wildman–Crippen LogP) is 2.84. The van der Waals surface area contributed by atoms with Crippen LogP contribution in [0.25, 0.3) is 0 Å². The van der Waals surface area contributed by atoms with Gasteiger partial charge in [0.1, 0.15) is 6.54 Å². The van der Waals surface area contributed by atoms with Crippen molar-refractivity contribution < 1.29 is 27.6 Å². The zero-order valence-corrected chi connectivity index (χ0v) is 18.0. The summed E-state index contributed by atoms with van der Waals surface area (Å²) in [5.74, 6) is 0.584. The van der Waals surface area contributed by atoms with Crippen molar-refractivity contribution in [3.8, 4) is 11.5 Å². The number of carbonyl (C=O) groups is 1. The Bertz CT molecular complexity index is 1300. The SMILES string of the molecule is O=C(CN(c1ccccc1)S(=O)(=O)c1ccccc1[N+](=O)[O-])NCc1ccc2c(c1)OCO2. The van der Waals surface area contributed by atoms with Gasteiger partial charge in [-0.15, -0.1) is 0 Å². The average molecular weight is 469 g/mol. The molecule has 1 amide bonds. The molecule has 0 radical (unpaired) electrons. The molecule has 0 saturated heterocycles. The third-order valence-electron chi connectivity index (χ3n) is 4.89. The number of anilines is 1. The van der Waals surface area contributed by atoms with E-state index in [0.29, 0.717) is 11.5 Å². The molecule has 4 rings (SSSR count). The Morgan fingerprint density at radius 1 is 1.00 bits per heavy atom. The van der Waals surface area contributed by atoms with Crippen LogP contribution < -0.4 is 19.1 Å². The van der Waals surface area contributed by atoms with E-state index in [1.54, 1.807) is 36.4 Å². The zero-order chi connectivity index (χ0) is 23.4. The molecule has 0 unspecified atom stereocenters. The van der Waals surface area contributed by atoms with Crippen molar-refractivity contribution in [3.63, 3.8) is 0 Å². The van der Waals surface area contributed by atoms with Crippen LogP contribution in [0.4, 0.5) is 11.4 Å². The Labute approximate surface area is 189 Å². The second kappa shape index (κ2) is 9.17. The molecule has 1 N–H and O–H groups in total. The third-order valence-corrected chi connectivity index (χ3v) is 6.71. The number of ether oxygens (including phenoxy) is 2. The van der Waals surface area contributed by atoms with Crippen molar-refractivity contribution in [2.24, 2.45) is 0 Å². The van der Waals surface area contributed by atoms with Gasteiger partial charge in [-0.05, 0) is 35.9 Å². The fourth-order valence-corrected chi connectivity index (χ4v) is 4.87. The van der Waals surface area contributed by atoms with Crippen LogP contribution in [0.2, 0.25) is 0 Å². The Hall–Kier alpha value is -4.12. The van der Waals surface area contributed by atoms with Gasteiger partial charge in [-0.25, -0.2) is 8.42 Å². The van der Waals surface area contributed by atoms with Crippen LogP contribution in [0, 0.1) is 10.1 Å². The average Bonchev–Trinajstić information content (AvgIpc) is 3.29. The summed E-state index contributed by atoms with van der Waals surface area (Å²) in [5.41, 5.74) is 0.369. The molecular formula is C22H19N3O7S.